The van der Waals surface area contributed by atoms with Gasteiger partial charge in [0, 0.05) is 24.0 Å². The van der Waals surface area contributed by atoms with E-state index in [1.54, 1.807) is 22.9 Å². The number of amides is 2. The highest BCUT2D eigenvalue weighted by atomic mass is 16.6. The minimum absolute atomic E-state index is 0.253. The van der Waals surface area contributed by atoms with Crippen LogP contribution in [0.25, 0.3) is 16.9 Å². The quantitative estimate of drug-likeness (QED) is 0.411. The molecule has 1 fully saturated rings. The molecule has 1 saturated heterocycles. The molecule has 0 aliphatic carbocycles. The van der Waals surface area contributed by atoms with Crippen LogP contribution in [0.2, 0.25) is 0 Å². The Morgan fingerprint density at radius 3 is 2.61 bits per heavy atom. The van der Waals surface area contributed by atoms with Crippen molar-refractivity contribution in [3.63, 3.8) is 0 Å². The second-order valence-electron chi connectivity index (χ2n) is 8.52. The van der Waals surface area contributed by atoms with E-state index in [9.17, 15) is 9.59 Å². The largest absolute Gasteiger partial charge is 0.497 e. The number of carbonyl (C=O) groups is 2. The van der Waals surface area contributed by atoms with E-state index in [0.29, 0.717) is 36.7 Å². The predicted octanol–water partition coefficient (Wildman–Crippen LogP) is 4.74. The third-order valence-corrected chi connectivity index (χ3v) is 6.04. The van der Waals surface area contributed by atoms with Gasteiger partial charge in [0.25, 0.3) is 5.91 Å². The first-order valence-corrected chi connectivity index (χ1v) is 11.6. The summed E-state index contributed by atoms with van der Waals surface area (Å²) in [7, 11) is 1.60. The third kappa shape index (κ3) is 4.79. The molecule has 2 amide bonds. The van der Waals surface area contributed by atoms with Gasteiger partial charge in [0.05, 0.1) is 24.9 Å². The lowest BCUT2D eigenvalue weighted by Crippen LogP contribution is -2.25. The molecule has 0 atom stereocenters. The van der Waals surface area contributed by atoms with Crippen molar-refractivity contribution in [1.82, 2.24) is 15.1 Å². The zero-order valence-corrected chi connectivity index (χ0v) is 20.1. The van der Waals surface area contributed by atoms with E-state index in [2.05, 4.69) is 5.32 Å². The topological polar surface area (TPSA) is 85.7 Å². The molecule has 0 bridgehead atoms. The zero-order valence-electron chi connectivity index (χ0n) is 20.1. The third-order valence-electron chi connectivity index (χ3n) is 6.04. The smallest absolute Gasteiger partial charge is 0.414 e. The van der Waals surface area contributed by atoms with Crippen LogP contribution in [0.3, 0.4) is 0 Å². The molecule has 0 unspecified atom stereocenters. The van der Waals surface area contributed by atoms with Crippen molar-refractivity contribution in [2.24, 2.45) is 0 Å². The molecule has 5 rings (SSSR count). The number of nitrogens with zero attached hydrogens (tertiary/aromatic N) is 3. The number of cyclic esters (lactones) is 1. The van der Waals surface area contributed by atoms with Crippen molar-refractivity contribution in [1.29, 1.82) is 0 Å². The SMILES string of the molecule is COc1cccc(-c2nn(-c3ccc(C)cc3)cc2C(=O)NCc2cccc(N3CCOC3=O)c2)c1. The Hall–Kier alpha value is -4.59. The average Bonchev–Trinajstić information content (AvgIpc) is 3.55. The van der Waals surface area contributed by atoms with Gasteiger partial charge in [-0.15, -0.1) is 0 Å². The molecular formula is C28H26N4O4. The van der Waals surface area contributed by atoms with E-state index in [1.807, 2.05) is 79.7 Å². The highest BCUT2D eigenvalue weighted by molar-refractivity contribution is 6.00. The van der Waals surface area contributed by atoms with Crippen molar-refractivity contribution < 1.29 is 19.1 Å². The average molecular weight is 483 g/mol. The van der Waals surface area contributed by atoms with Gasteiger partial charge in [-0.2, -0.15) is 5.10 Å². The number of aryl methyl sites for hydroxylation is 1. The van der Waals surface area contributed by atoms with Crippen molar-refractivity contribution in [3.05, 3.63) is 95.7 Å². The first kappa shape index (κ1) is 23.2. The summed E-state index contributed by atoms with van der Waals surface area (Å²) in [5.74, 6) is 0.429. The summed E-state index contributed by atoms with van der Waals surface area (Å²) in [4.78, 5) is 26.9. The Bertz CT molecular complexity index is 1410. The van der Waals surface area contributed by atoms with Gasteiger partial charge in [-0.25, -0.2) is 9.48 Å². The van der Waals surface area contributed by atoms with E-state index in [4.69, 9.17) is 14.6 Å². The summed E-state index contributed by atoms with van der Waals surface area (Å²) in [6.45, 7) is 3.20. The van der Waals surface area contributed by atoms with Gasteiger partial charge >= 0.3 is 6.09 Å². The molecule has 2 heterocycles. The second kappa shape index (κ2) is 9.95. The van der Waals surface area contributed by atoms with Crippen LogP contribution < -0.4 is 15.0 Å². The first-order valence-electron chi connectivity index (χ1n) is 11.6. The molecule has 8 nitrogen and oxygen atoms in total. The summed E-state index contributed by atoms with van der Waals surface area (Å²) < 4.78 is 12.1. The minimum Gasteiger partial charge on any atom is -0.497 e. The molecule has 8 heteroatoms. The van der Waals surface area contributed by atoms with Crippen molar-refractivity contribution in [2.45, 2.75) is 13.5 Å². The number of anilines is 1. The Balaban J connectivity index is 1.42. The van der Waals surface area contributed by atoms with E-state index in [1.165, 1.54) is 0 Å². The van der Waals surface area contributed by atoms with Crippen LogP contribution in [0, 0.1) is 6.92 Å². The van der Waals surface area contributed by atoms with E-state index < -0.39 is 0 Å². The normalized spacial score (nSPS) is 12.9. The van der Waals surface area contributed by atoms with Gasteiger partial charge in [0.1, 0.15) is 18.1 Å². The fourth-order valence-corrected chi connectivity index (χ4v) is 4.09. The monoisotopic (exact) mass is 482 g/mol. The van der Waals surface area contributed by atoms with E-state index >= 15 is 0 Å². The van der Waals surface area contributed by atoms with E-state index in [-0.39, 0.29) is 12.0 Å². The van der Waals surface area contributed by atoms with Gasteiger partial charge in [-0.05, 0) is 48.9 Å². The maximum Gasteiger partial charge on any atom is 0.414 e. The van der Waals surface area contributed by atoms with Crippen LogP contribution in [0.4, 0.5) is 10.5 Å². The van der Waals surface area contributed by atoms with Crippen LogP contribution >= 0.6 is 0 Å². The molecule has 0 saturated carbocycles. The molecule has 4 aromatic rings. The Morgan fingerprint density at radius 1 is 1.06 bits per heavy atom. The number of aromatic nitrogens is 2. The molecule has 1 aliphatic rings. The first-order chi connectivity index (χ1) is 17.5. The van der Waals surface area contributed by atoms with Gasteiger partial charge in [-0.3, -0.25) is 9.69 Å². The molecule has 1 aliphatic heterocycles. The molecule has 1 aromatic heterocycles. The Morgan fingerprint density at radius 2 is 1.86 bits per heavy atom. The molecule has 182 valence electrons. The van der Waals surface area contributed by atoms with Gasteiger partial charge in [0.15, 0.2) is 0 Å². The summed E-state index contributed by atoms with van der Waals surface area (Å²) in [5.41, 5.74) is 5.39. The van der Waals surface area contributed by atoms with Crippen LogP contribution in [0.1, 0.15) is 21.5 Å². The lowest BCUT2D eigenvalue weighted by atomic mass is 10.1. The highest BCUT2D eigenvalue weighted by Gasteiger charge is 2.24. The number of nitrogens with one attached hydrogen (secondary N) is 1. The van der Waals surface area contributed by atoms with Crippen molar-refractivity contribution in [2.75, 3.05) is 25.2 Å². The van der Waals surface area contributed by atoms with Gasteiger partial charge < -0.3 is 14.8 Å². The van der Waals surface area contributed by atoms with Crippen LogP contribution in [0.15, 0.2) is 79.0 Å². The number of hydrogen-bond acceptors (Lipinski definition) is 5. The fraction of sp³-hybridized carbons (Fsp3) is 0.179. The second-order valence-corrected chi connectivity index (χ2v) is 8.52. The number of methoxy groups -OCH3 is 1. The maximum absolute atomic E-state index is 13.4. The van der Waals surface area contributed by atoms with Gasteiger partial charge in [0.2, 0.25) is 0 Å². The van der Waals surface area contributed by atoms with Crippen LogP contribution in [0.5, 0.6) is 5.75 Å². The van der Waals surface area contributed by atoms with E-state index in [0.717, 1.165) is 28.1 Å². The molecule has 1 N–H and O–H groups in total. The fourth-order valence-electron chi connectivity index (χ4n) is 4.09. The van der Waals surface area contributed by atoms with Crippen molar-refractivity contribution >= 4 is 17.7 Å². The number of benzene rings is 3. The van der Waals surface area contributed by atoms with Crippen molar-refractivity contribution in [3.8, 4) is 22.7 Å². The van der Waals surface area contributed by atoms with Crippen LogP contribution in [-0.4, -0.2) is 42.0 Å². The lowest BCUT2D eigenvalue weighted by molar-refractivity contribution is 0.0951. The minimum atomic E-state index is -0.359. The summed E-state index contributed by atoms with van der Waals surface area (Å²) in [6.07, 6.45) is 1.38. The standard InChI is InChI=1S/C28H26N4O4/c1-19-9-11-22(12-10-19)32-18-25(26(30-32)21-6-4-8-24(16-21)35-2)27(33)29-17-20-5-3-7-23(15-20)31-13-14-36-28(31)34/h3-12,15-16,18H,13-14,17H2,1-2H3,(H,29,33). The lowest BCUT2D eigenvalue weighted by Gasteiger charge is -2.14. The number of hydrogen-bond donors (Lipinski definition) is 1. The predicted molar refractivity (Wildman–Crippen MR) is 137 cm³/mol. The molecule has 36 heavy (non-hydrogen) atoms. The number of rotatable bonds is 7. The summed E-state index contributed by atoms with van der Waals surface area (Å²) in [6, 6.07) is 22.9. The Kier molecular flexibility index (Phi) is 6.40. The molecule has 0 spiro atoms. The number of ether oxygens (including phenoxy) is 2. The molecule has 3 aromatic carbocycles. The maximum atomic E-state index is 13.4. The Labute approximate surface area is 209 Å². The van der Waals surface area contributed by atoms with Gasteiger partial charge in [-0.1, -0.05) is 42.0 Å². The van der Waals surface area contributed by atoms with Crippen LogP contribution in [-0.2, 0) is 11.3 Å². The molecular weight excluding hydrogens is 456 g/mol. The number of carbonyl (C=O) groups excluding carboxylic acids is 2. The summed E-state index contributed by atoms with van der Waals surface area (Å²) >= 11 is 0. The zero-order chi connectivity index (χ0) is 25.1. The molecule has 0 radical (unpaired) electrons. The summed E-state index contributed by atoms with van der Waals surface area (Å²) in [5, 5.41) is 7.75. The highest BCUT2D eigenvalue weighted by Crippen LogP contribution is 2.27.